The molecule has 0 saturated heterocycles. The van der Waals surface area contributed by atoms with E-state index in [9.17, 15) is 23.5 Å². The van der Waals surface area contributed by atoms with Gasteiger partial charge in [0.05, 0.1) is 12.2 Å². The molecule has 9 heteroatoms. The standard InChI is InChI=1S/C20H23F2N3O4/c1-11-7-8-24-15(10-25(11)19(28)29-20(2,3)4)16(18(26)27)23-17(24)12-5-6-13(21)14(22)9-12/h5-6,9,11H,7-8,10H2,1-4H3,(H,26,27). The summed E-state index contributed by atoms with van der Waals surface area (Å²) in [4.78, 5) is 30.1. The van der Waals surface area contributed by atoms with E-state index in [0.29, 0.717) is 18.7 Å². The first-order valence-electron chi connectivity index (χ1n) is 9.25. The number of hydrogen-bond donors (Lipinski definition) is 1. The van der Waals surface area contributed by atoms with Crippen molar-refractivity contribution < 1.29 is 28.2 Å². The molecule has 0 aliphatic carbocycles. The van der Waals surface area contributed by atoms with Gasteiger partial charge in [0.25, 0.3) is 0 Å². The smallest absolute Gasteiger partial charge is 0.410 e. The van der Waals surface area contributed by atoms with Crippen molar-refractivity contribution in [1.82, 2.24) is 14.5 Å². The van der Waals surface area contributed by atoms with Crippen LogP contribution in [0, 0.1) is 11.6 Å². The van der Waals surface area contributed by atoms with Crippen LogP contribution in [0.1, 0.15) is 50.3 Å². The Morgan fingerprint density at radius 3 is 2.52 bits per heavy atom. The van der Waals surface area contributed by atoms with E-state index in [1.165, 1.54) is 11.0 Å². The van der Waals surface area contributed by atoms with Crippen LogP contribution < -0.4 is 0 Å². The number of nitrogens with zero attached hydrogens (tertiary/aromatic N) is 3. The van der Waals surface area contributed by atoms with E-state index >= 15 is 0 Å². The molecule has 1 aromatic heterocycles. The summed E-state index contributed by atoms with van der Waals surface area (Å²) in [6, 6.07) is 3.08. The van der Waals surface area contributed by atoms with E-state index in [4.69, 9.17) is 4.74 Å². The first-order valence-corrected chi connectivity index (χ1v) is 9.25. The van der Waals surface area contributed by atoms with Crippen LogP contribution in [-0.4, -0.2) is 43.3 Å². The number of hydrogen-bond acceptors (Lipinski definition) is 4. The topological polar surface area (TPSA) is 84.7 Å². The van der Waals surface area contributed by atoms with Gasteiger partial charge in [0, 0.05) is 18.2 Å². The number of fused-ring (bicyclic) bond motifs is 1. The molecule has 1 aliphatic rings. The van der Waals surface area contributed by atoms with Crippen LogP contribution in [0.25, 0.3) is 11.4 Å². The Balaban J connectivity index is 2.07. The van der Waals surface area contributed by atoms with Crippen molar-refractivity contribution in [2.75, 3.05) is 0 Å². The lowest BCUT2D eigenvalue weighted by Gasteiger charge is -2.30. The van der Waals surface area contributed by atoms with Crippen LogP contribution in [0.3, 0.4) is 0 Å². The maximum Gasteiger partial charge on any atom is 0.410 e. The van der Waals surface area contributed by atoms with Crippen molar-refractivity contribution in [3.63, 3.8) is 0 Å². The number of benzene rings is 1. The van der Waals surface area contributed by atoms with Gasteiger partial charge in [0.1, 0.15) is 11.4 Å². The van der Waals surface area contributed by atoms with Crippen LogP contribution >= 0.6 is 0 Å². The molecule has 0 spiro atoms. The summed E-state index contributed by atoms with van der Waals surface area (Å²) in [5.74, 6) is -3.09. The molecule has 0 radical (unpaired) electrons. The number of carbonyl (C=O) groups excluding carboxylic acids is 1. The van der Waals surface area contributed by atoms with Gasteiger partial charge in [0.15, 0.2) is 17.3 Å². The molecule has 0 bridgehead atoms. The van der Waals surface area contributed by atoms with E-state index in [-0.39, 0.29) is 29.7 Å². The molecule has 3 rings (SSSR count). The van der Waals surface area contributed by atoms with Crippen molar-refractivity contribution in [2.24, 2.45) is 0 Å². The van der Waals surface area contributed by atoms with Gasteiger partial charge in [-0.25, -0.2) is 23.4 Å². The SMILES string of the molecule is CC1CCn2c(-c3ccc(F)c(F)c3)nc(C(=O)O)c2CN1C(=O)OC(C)(C)C. The van der Waals surface area contributed by atoms with Crippen molar-refractivity contribution in [3.05, 3.63) is 41.2 Å². The van der Waals surface area contributed by atoms with Crippen molar-refractivity contribution in [2.45, 2.75) is 58.8 Å². The molecule has 0 saturated carbocycles. The van der Waals surface area contributed by atoms with Crippen LogP contribution in [0.4, 0.5) is 13.6 Å². The second kappa shape index (κ2) is 7.46. The van der Waals surface area contributed by atoms with Crippen molar-refractivity contribution in [3.8, 4) is 11.4 Å². The van der Waals surface area contributed by atoms with E-state index in [0.717, 1.165) is 12.1 Å². The quantitative estimate of drug-likeness (QED) is 0.812. The molecule has 1 amide bonds. The minimum atomic E-state index is -1.26. The average molecular weight is 407 g/mol. The number of halogens is 2. The molecule has 156 valence electrons. The predicted molar refractivity (Wildman–Crippen MR) is 100 cm³/mol. The largest absolute Gasteiger partial charge is 0.476 e. The molecule has 1 aromatic carbocycles. The number of aromatic carboxylic acids is 1. The molecule has 0 fully saturated rings. The van der Waals surface area contributed by atoms with Gasteiger partial charge in [-0.1, -0.05) is 0 Å². The lowest BCUT2D eigenvalue weighted by atomic mass is 10.2. The Hall–Kier alpha value is -2.97. The Morgan fingerprint density at radius 2 is 1.93 bits per heavy atom. The summed E-state index contributed by atoms with van der Waals surface area (Å²) in [5, 5.41) is 9.62. The fraction of sp³-hybridized carbons (Fsp3) is 0.450. The molecular formula is C20H23F2N3O4. The Kier molecular flexibility index (Phi) is 5.34. The van der Waals surface area contributed by atoms with Crippen LogP contribution in [0.5, 0.6) is 0 Å². The van der Waals surface area contributed by atoms with Gasteiger partial charge in [-0.15, -0.1) is 0 Å². The Bertz CT molecular complexity index is 965. The van der Waals surface area contributed by atoms with Gasteiger partial charge in [-0.3, -0.25) is 4.90 Å². The number of carboxylic acid groups (broad SMARTS) is 1. The van der Waals surface area contributed by atoms with Crippen molar-refractivity contribution in [1.29, 1.82) is 0 Å². The van der Waals surface area contributed by atoms with Gasteiger partial charge in [0.2, 0.25) is 0 Å². The van der Waals surface area contributed by atoms with Gasteiger partial charge >= 0.3 is 12.1 Å². The first kappa shape index (κ1) is 20.8. The average Bonchev–Trinajstić information content (AvgIpc) is 2.87. The maximum absolute atomic E-state index is 13.7. The zero-order valence-corrected chi connectivity index (χ0v) is 16.7. The van der Waals surface area contributed by atoms with Crippen LogP contribution in [-0.2, 0) is 17.8 Å². The van der Waals surface area contributed by atoms with E-state index < -0.39 is 29.3 Å². The van der Waals surface area contributed by atoms with E-state index in [1.807, 2.05) is 6.92 Å². The molecule has 1 aliphatic heterocycles. The number of ether oxygens (including phenoxy) is 1. The second-order valence-electron chi connectivity index (χ2n) is 8.06. The molecule has 1 unspecified atom stereocenters. The third-order valence-electron chi connectivity index (χ3n) is 4.70. The van der Waals surface area contributed by atoms with E-state index in [1.54, 1.807) is 25.3 Å². The third kappa shape index (κ3) is 4.23. The molecule has 1 atom stereocenters. The summed E-state index contributed by atoms with van der Waals surface area (Å²) < 4.78 is 34.2. The zero-order chi connectivity index (χ0) is 21.5. The lowest BCUT2D eigenvalue weighted by molar-refractivity contribution is 0.0154. The number of carboxylic acids is 1. The number of rotatable bonds is 2. The number of imidazole rings is 1. The fourth-order valence-corrected chi connectivity index (χ4v) is 3.27. The third-order valence-corrected chi connectivity index (χ3v) is 4.70. The Morgan fingerprint density at radius 1 is 1.24 bits per heavy atom. The second-order valence-corrected chi connectivity index (χ2v) is 8.06. The van der Waals surface area contributed by atoms with E-state index in [2.05, 4.69) is 4.98 Å². The monoisotopic (exact) mass is 407 g/mol. The normalized spacial score (nSPS) is 16.9. The Labute approximate surface area is 166 Å². The number of aromatic nitrogens is 2. The van der Waals surface area contributed by atoms with Crippen LogP contribution in [0.2, 0.25) is 0 Å². The number of carbonyl (C=O) groups is 2. The molecule has 7 nitrogen and oxygen atoms in total. The highest BCUT2D eigenvalue weighted by Gasteiger charge is 2.33. The highest BCUT2D eigenvalue weighted by atomic mass is 19.2. The van der Waals surface area contributed by atoms with Gasteiger partial charge in [-0.2, -0.15) is 0 Å². The summed E-state index contributed by atoms with van der Waals surface area (Å²) in [7, 11) is 0. The summed E-state index contributed by atoms with van der Waals surface area (Å²) in [6.07, 6.45) is -0.0383. The fourth-order valence-electron chi connectivity index (χ4n) is 3.27. The molecule has 2 aromatic rings. The highest BCUT2D eigenvalue weighted by Crippen LogP contribution is 2.29. The molecule has 1 N–H and O–H groups in total. The first-order chi connectivity index (χ1) is 13.5. The highest BCUT2D eigenvalue weighted by molar-refractivity contribution is 5.88. The lowest BCUT2D eigenvalue weighted by Crippen LogP contribution is -2.41. The van der Waals surface area contributed by atoms with Crippen molar-refractivity contribution >= 4 is 12.1 Å². The molecule has 29 heavy (non-hydrogen) atoms. The number of amides is 1. The molecular weight excluding hydrogens is 384 g/mol. The summed E-state index contributed by atoms with van der Waals surface area (Å²) in [5.41, 5.74) is -0.355. The minimum Gasteiger partial charge on any atom is -0.476 e. The minimum absolute atomic E-state index is 0.0195. The predicted octanol–water partition coefficient (Wildman–Crippen LogP) is 4.06. The maximum atomic E-state index is 13.7. The zero-order valence-electron chi connectivity index (χ0n) is 16.7. The summed E-state index contributed by atoms with van der Waals surface area (Å²) >= 11 is 0. The van der Waals surface area contributed by atoms with Gasteiger partial charge < -0.3 is 14.4 Å². The molecule has 2 heterocycles. The van der Waals surface area contributed by atoms with Crippen LogP contribution in [0.15, 0.2) is 18.2 Å². The van der Waals surface area contributed by atoms with Gasteiger partial charge in [-0.05, 0) is 52.3 Å². The summed E-state index contributed by atoms with van der Waals surface area (Å²) in [6.45, 7) is 7.45.